The fourth-order valence-corrected chi connectivity index (χ4v) is 4.44. The molecule has 1 aromatic heterocycles. The zero-order valence-electron chi connectivity index (χ0n) is 17.8. The fourth-order valence-electron chi connectivity index (χ4n) is 3.55. The second-order valence-corrected chi connectivity index (χ2v) is 9.42. The Morgan fingerprint density at radius 1 is 0.912 bits per heavy atom. The van der Waals surface area contributed by atoms with Crippen molar-refractivity contribution in [3.8, 4) is 5.75 Å². The molecule has 1 heterocycles. The minimum absolute atomic E-state index is 0.198. The van der Waals surface area contributed by atoms with Crippen LogP contribution < -0.4 is 10.2 Å². The summed E-state index contributed by atoms with van der Waals surface area (Å²) < 4.78 is 13.3. The molecule has 5 rings (SSSR count). The van der Waals surface area contributed by atoms with Gasteiger partial charge < -0.3 is 9.15 Å². The van der Waals surface area contributed by atoms with Crippen LogP contribution in [0.15, 0.2) is 103 Å². The Bertz CT molecular complexity index is 1540. The molecule has 0 aliphatic carbocycles. The van der Waals surface area contributed by atoms with E-state index in [4.69, 9.17) is 9.15 Å². The quantitative estimate of drug-likeness (QED) is 0.168. The molecule has 1 N–H and O–H groups in total. The molecule has 0 radical (unpaired) electrons. The zero-order valence-corrected chi connectivity index (χ0v) is 21.0. The predicted molar refractivity (Wildman–Crippen MR) is 141 cm³/mol. The number of hydrogen-bond acceptors (Lipinski definition) is 4. The Morgan fingerprint density at radius 3 is 2.62 bits per heavy atom. The lowest BCUT2D eigenvalue weighted by atomic mass is 10.1. The first-order valence-corrected chi connectivity index (χ1v) is 12.1. The summed E-state index contributed by atoms with van der Waals surface area (Å²) in [5, 5.41) is 7.28. The van der Waals surface area contributed by atoms with Crippen LogP contribution >= 0.6 is 31.9 Å². The first kappa shape index (κ1) is 22.4. The molecular weight excluding hydrogens is 560 g/mol. The normalized spacial score (nSPS) is 11.4. The number of nitrogens with zero attached hydrogens (tertiary/aromatic N) is 1. The highest BCUT2D eigenvalue weighted by Gasteiger charge is 2.12. The van der Waals surface area contributed by atoms with Crippen LogP contribution in [0.25, 0.3) is 21.7 Å². The van der Waals surface area contributed by atoms with E-state index in [1.807, 2.05) is 42.5 Å². The molecule has 0 aliphatic heterocycles. The van der Waals surface area contributed by atoms with E-state index in [-0.39, 0.29) is 5.76 Å². The highest BCUT2D eigenvalue weighted by atomic mass is 79.9. The molecule has 5 nitrogen and oxygen atoms in total. The fraction of sp³-hybridized carbons (Fsp3) is 0.0370. The summed E-state index contributed by atoms with van der Waals surface area (Å²) >= 11 is 6.96. The smallest absolute Gasteiger partial charge is 0.307 e. The van der Waals surface area contributed by atoms with Gasteiger partial charge >= 0.3 is 5.91 Å². The van der Waals surface area contributed by atoms with Crippen molar-refractivity contribution in [3.63, 3.8) is 0 Å². The molecule has 1 amide bonds. The molecule has 0 atom stereocenters. The van der Waals surface area contributed by atoms with Crippen LogP contribution in [0.1, 0.15) is 21.7 Å². The van der Waals surface area contributed by atoms with Crippen molar-refractivity contribution < 1.29 is 13.9 Å². The highest BCUT2D eigenvalue weighted by molar-refractivity contribution is 9.10. The Balaban J connectivity index is 1.20. The van der Waals surface area contributed by atoms with Gasteiger partial charge in [-0.2, -0.15) is 5.10 Å². The Morgan fingerprint density at radius 2 is 1.76 bits per heavy atom. The van der Waals surface area contributed by atoms with Crippen LogP contribution in [0.4, 0.5) is 0 Å². The topological polar surface area (TPSA) is 63.8 Å². The van der Waals surface area contributed by atoms with Crippen LogP contribution in [0, 0.1) is 0 Å². The molecule has 7 heteroatoms. The van der Waals surface area contributed by atoms with Gasteiger partial charge in [-0.25, -0.2) is 5.43 Å². The van der Waals surface area contributed by atoms with Gasteiger partial charge in [0.05, 0.1) is 10.7 Å². The SMILES string of the molecule is O=C(NN=Cc1ccc(OCc2ccc3ccccc3c2)c(Br)c1)c1cc2cc(Br)ccc2o1. The third-order valence-electron chi connectivity index (χ3n) is 5.25. The van der Waals surface area contributed by atoms with E-state index in [1.54, 1.807) is 18.3 Å². The van der Waals surface area contributed by atoms with Crippen LogP contribution in [-0.4, -0.2) is 12.1 Å². The van der Waals surface area contributed by atoms with Crippen molar-refractivity contribution in [2.24, 2.45) is 5.10 Å². The van der Waals surface area contributed by atoms with Gasteiger partial charge in [-0.05, 0) is 86.4 Å². The average molecular weight is 578 g/mol. The number of furan rings is 1. The number of ether oxygens (including phenoxy) is 1. The summed E-state index contributed by atoms with van der Waals surface area (Å²) in [5.74, 6) is 0.504. The lowest BCUT2D eigenvalue weighted by Crippen LogP contribution is -2.16. The summed E-state index contributed by atoms with van der Waals surface area (Å²) in [6.45, 7) is 0.459. The van der Waals surface area contributed by atoms with Crippen molar-refractivity contribution >= 4 is 65.7 Å². The maximum atomic E-state index is 12.4. The van der Waals surface area contributed by atoms with Crippen molar-refractivity contribution in [2.45, 2.75) is 6.61 Å². The molecule has 0 bridgehead atoms. The molecule has 0 saturated carbocycles. The van der Waals surface area contributed by atoms with Gasteiger partial charge in [-0.15, -0.1) is 0 Å². The number of carbonyl (C=O) groups excluding carboxylic acids is 1. The van der Waals surface area contributed by atoms with Gasteiger partial charge in [0.2, 0.25) is 0 Å². The molecule has 5 aromatic rings. The highest BCUT2D eigenvalue weighted by Crippen LogP contribution is 2.27. The van der Waals surface area contributed by atoms with Gasteiger partial charge in [-0.3, -0.25) is 4.79 Å². The summed E-state index contributed by atoms with van der Waals surface area (Å²) in [7, 11) is 0. The van der Waals surface area contributed by atoms with Crippen LogP contribution in [0.5, 0.6) is 5.75 Å². The summed E-state index contributed by atoms with van der Waals surface area (Å²) in [4.78, 5) is 12.4. The maximum absolute atomic E-state index is 12.4. The number of halogens is 2. The van der Waals surface area contributed by atoms with Gasteiger partial charge in [0.25, 0.3) is 0 Å². The van der Waals surface area contributed by atoms with E-state index in [0.717, 1.165) is 31.2 Å². The van der Waals surface area contributed by atoms with E-state index >= 15 is 0 Å². The number of hydrogen-bond donors (Lipinski definition) is 1. The van der Waals surface area contributed by atoms with Gasteiger partial charge in [0.1, 0.15) is 17.9 Å². The lowest BCUT2D eigenvalue weighted by Gasteiger charge is -2.09. The molecule has 0 unspecified atom stereocenters. The molecule has 168 valence electrons. The van der Waals surface area contributed by atoms with E-state index < -0.39 is 5.91 Å². The molecule has 0 aliphatic rings. The third-order valence-corrected chi connectivity index (χ3v) is 6.36. The molecule has 34 heavy (non-hydrogen) atoms. The zero-order chi connectivity index (χ0) is 23.5. The van der Waals surface area contributed by atoms with Gasteiger partial charge in [0.15, 0.2) is 5.76 Å². The number of fused-ring (bicyclic) bond motifs is 2. The van der Waals surface area contributed by atoms with Crippen LogP contribution in [0.2, 0.25) is 0 Å². The largest absolute Gasteiger partial charge is 0.488 e. The van der Waals surface area contributed by atoms with Crippen molar-refractivity contribution in [1.82, 2.24) is 5.43 Å². The van der Waals surface area contributed by atoms with E-state index in [1.165, 1.54) is 10.8 Å². The third kappa shape index (κ3) is 5.05. The number of carbonyl (C=O) groups is 1. The van der Waals surface area contributed by atoms with E-state index in [2.05, 4.69) is 72.7 Å². The predicted octanol–water partition coefficient (Wildman–Crippen LogP) is 7.45. The summed E-state index contributed by atoms with van der Waals surface area (Å²) in [6, 6.07) is 27.4. The van der Waals surface area contributed by atoms with Crippen molar-refractivity contribution in [2.75, 3.05) is 0 Å². The standard InChI is InChI=1S/C27H18Br2N2O3/c28-22-8-10-24-21(13-22)14-26(34-24)27(32)31-30-15-17-6-9-25(23(29)12-17)33-16-18-5-7-19-3-1-2-4-20(19)11-18/h1-15H,16H2,(H,31,32). The molecule has 0 saturated heterocycles. The second kappa shape index (κ2) is 9.83. The number of hydrazone groups is 1. The first-order chi connectivity index (χ1) is 16.5. The molecule has 0 spiro atoms. The minimum atomic E-state index is -0.419. The molecule has 4 aromatic carbocycles. The van der Waals surface area contributed by atoms with E-state index in [9.17, 15) is 4.79 Å². The average Bonchev–Trinajstić information content (AvgIpc) is 3.27. The van der Waals surface area contributed by atoms with Crippen molar-refractivity contribution in [3.05, 3.63) is 111 Å². The minimum Gasteiger partial charge on any atom is -0.488 e. The summed E-state index contributed by atoms with van der Waals surface area (Å²) in [6.07, 6.45) is 1.56. The Kier molecular flexibility index (Phi) is 6.47. The second-order valence-electron chi connectivity index (χ2n) is 7.65. The van der Waals surface area contributed by atoms with Gasteiger partial charge in [-0.1, -0.05) is 52.3 Å². The number of amides is 1. The Hall–Kier alpha value is -3.42. The molecule has 0 fully saturated rings. The number of nitrogens with one attached hydrogen (secondary N) is 1. The number of rotatable bonds is 6. The van der Waals surface area contributed by atoms with Crippen molar-refractivity contribution in [1.29, 1.82) is 0 Å². The number of benzene rings is 4. The Labute approximate surface area is 212 Å². The van der Waals surface area contributed by atoms with Crippen LogP contribution in [0.3, 0.4) is 0 Å². The maximum Gasteiger partial charge on any atom is 0.307 e. The lowest BCUT2D eigenvalue weighted by molar-refractivity contribution is 0.0929. The first-order valence-electron chi connectivity index (χ1n) is 10.5. The van der Waals surface area contributed by atoms with Crippen LogP contribution in [-0.2, 0) is 6.61 Å². The van der Waals surface area contributed by atoms with E-state index in [0.29, 0.717) is 12.2 Å². The van der Waals surface area contributed by atoms with Gasteiger partial charge in [0, 0.05) is 9.86 Å². The summed E-state index contributed by atoms with van der Waals surface area (Å²) in [5.41, 5.74) is 5.03. The molecular formula is C27H18Br2N2O3. The monoisotopic (exact) mass is 576 g/mol.